The van der Waals surface area contributed by atoms with Crippen LogP contribution in [0.15, 0.2) is 53.4 Å². The molecule has 0 saturated carbocycles. The summed E-state index contributed by atoms with van der Waals surface area (Å²) in [5, 5.41) is 0. The summed E-state index contributed by atoms with van der Waals surface area (Å²) in [4.78, 5) is 11.3. The Labute approximate surface area is 152 Å². The third kappa shape index (κ3) is 4.99. The molecular formula is C18H18N2O5S. The summed E-state index contributed by atoms with van der Waals surface area (Å²) in [5.74, 6) is 5.29. The first-order valence-corrected chi connectivity index (χ1v) is 9.04. The van der Waals surface area contributed by atoms with Crippen LogP contribution in [0.25, 0.3) is 0 Å². The number of primary amides is 1. The predicted octanol–water partition coefficient (Wildman–Crippen LogP) is 1.15. The molecule has 0 fully saturated rings. The van der Waals surface area contributed by atoms with Crippen molar-refractivity contribution in [3.8, 4) is 23.3 Å². The number of carbonyl (C=O) groups excluding carboxylic acids is 1. The normalized spacial score (nSPS) is 10.5. The number of para-hydroxylation sites is 2. The Kier molecular flexibility index (Phi) is 6.60. The van der Waals surface area contributed by atoms with Gasteiger partial charge in [-0.2, -0.15) is 4.72 Å². The summed E-state index contributed by atoms with van der Waals surface area (Å²) < 4.78 is 37.3. The molecule has 0 heterocycles. The van der Waals surface area contributed by atoms with Gasteiger partial charge in [0.2, 0.25) is 10.0 Å². The van der Waals surface area contributed by atoms with Crippen LogP contribution in [0.4, 0.5) is 0 Å². The fourth-order valence-electron chi connectivity index (χ4n) is 2.07. The molecule has 0 aromatic heterocycles. The van der Waals surface area contributed by atoms with Gasteiger partial charge in [-0.1, -0.05) is 36.1 Å². The van der Waals surface area contributed by atoms with Crippen molar-refractivity contribution < 1.29 is 22.7 Å². The number of ether oxygens (including phenoxy) is 2. The summed E-state index contributed by atoms with van der Waals surface area (Å²) in [6.07, 6.45) is 0. The fraction of sp³-hybridized carbons (Fsp3) is 0.167. The Balaban J connectivity index is 1.92. The molecule has 0 aliphatic heterocycles. The number of methoxy groups -OCH3 is 1. The molecule has 136 valence electrons. The number of nitrogens with two attached hydrogens (primary N) is 1. The van der Waals surface area contributed by atoms with Crippen LogP contribution in [0.3, 0.4) is 0 Å². The minimum absolute atomic E-state index is 0.0132. The third-order valence-corrected chi connectivity index (χ3v) is 4.73. The number of amides is 1. The van der Waals surface area contributed by atoms with Gasteiger partial charge >= 0.3 is 0 Å². The van der Waals surface area contributed by atoms with Gasteiger partial charge in [0.25, 0.3) is 5.91 Å². The van der Waals surface area contributed by atoms with E-state index in [1.807, 2.05) is 0 Å². The highest BCUT2D eigenvalue weighted by Gasteiger charge is 2.17. The number of carbonyl (C=O) groups is 1. The number of benzene rings is 2. The van der Waals surface area contributed by atoms with Crippen molar-refractivity contribution in [1.29, 1.82) is 0 Å². The molecule has 3 N–H and O–H groups in total. The molecule has 2 aromatic carbocycles. The molecule has 7 nitrogen and oxygen atoms in total. The Morgan fingerprint density at radius 1 is 1.08 bits per heavy atom. The maximum atomic E-state index is 12.2. The van der Waals surface area contributed by atoms with Crippen LogP contribution < -0.4 is 19.9 Å². The topological polar surface area (TPSA) is 108 Å². The molecule has 0 bridgehead atoms. The highest BCUT2D eigenvalue weighted by molar-refractivity contribution is 7.89. The van der Waals surface area contributed by atoms with Crippen molar-refractivity contribution in [3.63, 3.8) is 0 Å². The fourth-order valence-corrected chi connectivity index (χ4v) is 3.16. The second kappa shape index (κ2) is 8.89. The number of hydrogen-bond donors (Lipinski definition) is 2. The van der Waals surface area contributed by atoms with Gasteiger partial charge < -0.3 is 15.2 Å². The number of hydrogen-bond acceptors (Lipinski definition) is 5. The molecular weight excluding hydrogens is 356 g/mol. The van der Waals surface area contributed by atoms with Crippen molar-refractivity contribution in [2.75, 3.05) is 20.3 Å². The van der Waals surface area contributed by atoms with Crippen LogP contribution in [0.5, 0.6) is 11.5 Å². The van der Waals surface area contributed by atoms with Crippen molar-refractivity contribution >= 4 is 15.9 Å². The lowest BCUT2D eigenvalue weighted by atomic mass is 10.2. The standard InChI is InChI=1S/C18H18N2O5S/c1-24-16-10-4-5-11-17(16)26(22,23)20-12-6-7-13-25-15-9-3-2-8-14(15)18(19)21/h2-5,8-11,20H,12-13H2,1H3,(H2,19,21). The summed E-state index contributed by atoms with van der Waals surface area (Å²) >= 11 is 0. The van der Waals surface area contributed by atoms with Gasteiger partial charge in [0.1, 0.15) is 23.0 Å². The number of rotatable bonds is 7. The second-order valence-electron chi connectivity index (χ2n) is 4.98. The molecule has 26 heavy (non-hydrogen) atoms. The summed E-state index contributed by atoms with van der Waals surface area (Å²) in [6.45, 7) is -0.109. The Morgan fingerprint density at radius 3 is 2.42 bits per heavy atom. The van der Waals surface area contributed by atoms with E-state index in [1.165, 1.54) is 13.2 Å². The molecule has 0 saturated heterocycles. The summed E-state index contributed by atoms with van der Waals surface area (Å²) in [7, 11) is -2.34. The van der Waals surface area contributed by atoms with E-state index < -0.39 is 15.9 Å². The minimum Gasteiger partial charge on any atom is -0.495 e. The summed E-state index contributed by atoms with van der Waals surface area (Å²) in [6, 6.07) is 12.8. The Bertz CT molecular complexity index is 945. The van der Waals surface area contributed by atoms with E-state index in [1.54, 1.807) is 42.5 Å². The number of nitrogens with one attached hydrogen (secondary N) is 1. The van der Waals surface area contributed by atoms with Crippen LogP contribution in [-0.4, -0.2) is 34.6 Å². The van der Waals surface area contributed by atoms with Crippen LogP contribution in [0.1, 0.15) is 10.4 Å². The lowest BCUT2D eigenvalue weighted by Gasteiger charge is -2.08. The number of sulfonamides is 1. The largest absolute Gasteiger partial charge is 0.495 e. The van der Waals surface area contributed by atoms with Crippen molar-refractivity contribution in [2.45, 2.75) is 4.90 Å². The first kappa shape index (κ1) is 19.3. The van der Waals surface area contributed by atoms with E-state index in [-0.39, 0.29) is 29.4 Å². The first-order valence-electron chi connectivity index (χ1n) is 7.55. The zero-order chi connectivity index (χ0) is 19.0. The predicted molar refractivity (Wildman–Crippen MR) is 96.4 cm³/mol. The van der Waals surface area contributed by atoms with Gasteiger partial charge in [-0.05, 0) is 24.3 Å². The van der Waals surface area contributed by atoms with Crippen molar-refractivity contribution in [2.24, 2.45) is 5.73 Å². The molecule has 0 spiro atoms. The zero-order valence-corrected chi connectivity index (χ0v) is 14.9. The molecule has 0 aliphatic rings. The van der Waals surface area contributed by atoms with Gasteiger partial charge in [0.05, 0.1) is 19.2 Å². The van der Waals surface area contributed by atoms with E-state index in [4.69, 9.17) is 15.2 Å². The van der Waals surface area contributed by atoms with Gasteiger partial charge in [-0.15, -0.1) is 0 Å². The lowest BCUT2D eigenvalue weighted by molar-refractivity contribution is 0.0997. The molecule has 1 amide bonds. The smallest absolute Gasteiger partial charge is 0.252 e. The molecule has 0 unspecified atom stereocenters. The second-order valence-corrected chi connectivity index (χ2v) is 6.71. The molecule has 2 aromatic rings. The molecule has 0 aliphatic carbocycles. The average molecular weight is 374 g/mol. The van der Waals surface area contributed by atoms with E-state index >= 15 is 0 Å². The first-order chi connectivity index (χ1) is 12.5. The maximum absolute atomic E-state index is 12.2. The lowest BCUT2D eigenvalue weighted by Crippen LogP contribution is -2.24. The van der Waals surface area contributed by atoms with Crippen LogP contribution in [0.2, 0.25) is 0 Å². The van der Waals surface area contributed by atoms with Crippen molar-refractivity contribution in [1.82, 2.24) is 4.72 Å². The van der Waals surface area contributed by atoms with Crippen LogP contribution in [-0.2, 0) is 10.0 Å². The zero-order valence-electron chi connectivity index (χ0n) is 14.1. The minimum atomic E-state index is -3.74. The van der Waals surface area contributed by atoms with Gasteiger partial charge in [0, 0.05) is 0 Å². The molecule has 0 atom stereocenters. The molecule has 8 heteroatoms. The Morgan fingerprint density at radius 2 is 1.73 bits per heavy atom. The highest BCUT2D eigenvalue weighted by Crippen LogP contribution is 2.22. The van der Waals surface area contributed by atoms with Crippen molar-refractivity contribution in [3.05, 3.63) is 54.1 Å². The average Bonchev–Trinajstić information content (AvgIpc) is 2.64. The Hall–Kier alpha value is -3.02. The van der Waals surface area contributed by atoms with E-state index in [0.717, 1.165) is 0 Å². The SMILES string of the molecule is COc1ccccc1S(=O)(=O)NCC#CCOc1ccccc1C(N)=O. The molecule has 2 rings (SSSR count). The quantitative estimate of drug-likeness (QED) is 0.707. The monoisotopic (exact) mass is 374 g/mol. The van der Waals surface area contributed by atoms with E-state index in [9.17, 15) is 13.2 Å². The van der Waals surface area contributed by atoms with Gasteiger partial charge in [0.15, 0.2) is 0 Å². The van der Waals surface area contributed by atoms with E-state index in [0.29, 0.717) is 5.75 Å². The maximum Gasteiger partial charge on any atom is 0.252 e. The molecule has 0 radical (unpaired) electrons. The van der Waals surface area contributed by atoms with Crippen LogP contribution >= 0.6 is 0 Å². The van der Waals surface area contributed by atoms with Crippen LogP contribution in [0, 0.1) is 11.8 Å². The van der Waals surface area contributed by atoms with Gasteiger partial charge in [-0.25, -0.2) is 8.42 Å². The third-order valence-electron chi connectivity index (χ3n) is 3.29. The van der Waals surface area contributed by atoms with Gasteiger partial charge in [-0.3, -0.25) is 4.79 Å². The highest BCUT2D eigenvalue weighted by atomic mass is 32.2. The summed E-state index contributed by atoms with van der Waals surface area (Å²) in [5.41, 5.74) is 5.51. The van der Waals surface area contributed by atoms with E-state index in [2.05, 4.69) is 16.6 Å².